The normalized spacial score (nSPS) is 12.2. The Morgan fingerprint density at radius 3 is 2.62 bits per heavy atom. The van der Waals surface area contributed by atoms with Crippen LogP contribution < -0.4 is 5.32 Å². The standard InChI is InChI=1S/C10H13NOS/c1-8(12)11-10(13)7-9-5-3-2-4-6-9/h2-6,10,13H,7H2,1H3,(H,11,12). The lowest BCUT2D eigenvalue weighted by molar-refractivity contribution is -0.119. The molecule has 0 aliphatic heterocycles. The van der Waals surface area contributed by atoms with Crippen LogP contribution in [0.4, 0.5) is 0 Å². The summed E-state index contributed by atoms with van der Waals surface area (Å²) in [6.07, 6.45) is 0.754. The molecule has 0 saturated carbocycles. The van der Waals surface area contributed by atoms with Crippen LogP contribution in [0.5, 0.6) is 0 Å². The van der Waals surface area contributed by atoms with Crippen molar-refractivity contribution in [2.75, 3.05) is 0 Å². The van der Waals surface area contributed by atoms with Gasteiger partial charge in [-0.05, 0) is 5.56 Å². The molecule has 0 aromatic heterocycles. The average molecular weight is 195 g/mol. The highest BCUT2D eigenvalue weighted by atomic mass is 32.1. The predicted molar refractivity (Wildman–Crippen MR) is 56.7 cm³/mol. The highest BCUT2D eigenvalue weighted by Gasteiger charge is 2.04. The second kappa shape index (κ2) is 4.92. The van der Waals surface area contributed by atoms with Gasteiger partial charge in [-0.3, -0.25) is 4.79 Å². The Labute approximate surface area is 83.8 Å². The highest BCUT2D eigenvalue weighted by molar-refractivity contribution is 7.80. The number of thiol groups is 1. The molecule has 1 amide bonds. The first kappa shape index (κ1) is 10.1. The lowest BCUT2D eigenvalue weighted by atomic mass is 10.1. The van der Waals surface area contributed by atoms with Crippen LogP contribution in [0, 0.1) is 0 Å². The van der Waals surface area contributed by atoms with Crippen LogP contribution in [0.3, 0.4) is 0 Å². The number of hydrogen-bond donors (Lipinski definition) is 2. The first-order valence-electron chi connectivity index (χ1n) is 4.17. The zero-order valence-corrected chi connectivity index (χ0v) is 8.42. The molecule has 0 spiro atoms. The van der Waals surface area contributed by atoms with Gasteiger partial charge in [-0.15, -0.1) is 0 Å². The third kappa shape index (κ3) is 3.99. The summed E-state index contributed by atoms with van der Waals surface area (Å²) < 4.78 is 0. The van der Waals surface area contributed by atoms with Crippen LogP contribution in [0.25, 0.3) is 0 Å². The van der Waals surface area contributed by atoms with Gasteiger partial charge >= 0.3 is 0 Å². The van der Waals surface area contributed by atoms with Gasteiger partial charge in [-0.25, -0.2) is 0 Å². The first-order valence-corrected chi connectivity index (χ1v) is 4.69. The molecule has 0 heterocycles. The maximum atomic E-state index is 10.7. The second-order valence-electron chi connectivity index (χ2n) is 2.91. The number of hydrogen-bond acceptors (Lipinski definition) is 2. The van der Waals surface area contributed by atoms with Gasteiger partial charge in [0.05, 0.1) is 5.37 Å². The lowest BCUT2D eigenvalue weighted by Gasteiger charge is -2.10. The van der Waals surface area contributed by atoms with Crippen LogP contribution in [0.15, 0.2) is 30.3 Å². The van der Waals surface area contributed by atoms with Crippen molar-refractivity contribution in [3.63, 3.8) is 0 Å². The van der Waals surface area contributed by atoms with Crippen molar-refractivity contribution in [2.24, 2.45) is 0 Å². The van der Waals surface area contributed by atoms with Gasteiger partial charge in [0, 0.05) is 13.3 Å². The number of carbonyl (C=O) groups is 1. The Hall–Kier alpha value is -0.960. The largest absolute Gasteiger partial charge is 0.345 e. The van der Waals surface area contributed by atoms with Gasteiger partial charge in [0.2, 0.25) is 5.91 Å². The van der Waals surface area contributed by atoms with Crippen LogP contribution in [-0.2, 0) is 11.2 Å². The summed E-state index contributed by atoms with van der Waals surface area (Å²) in [5.74, 6) is -0.0454. The minimum absolute atomic E-state index is 0.0454. The lowest BCUT2D eigenvalue weighted by Crippen LogP contribution is -2.30. The van der Waals surface area contributed by atoms with Gasteiger partial charge in [0.15, 0.2) is 0 Å². The van der Waals surface area contributed by atoms with E-state index in [1.807, 2.05) is 30.3 Å². The number of nitrogens with one attached hydrogen (secondary N) is 1. The number of benzene rings is 1. The van der Waals surface area contributed by atoms with Crippen molar-refractivity contribution >= 4 is 18.5 Å². The fraction of sp³-hybridized carbons (Fsp3) is 0.300. The summed E-state index contributed by atoms with van der Waals surface area (Å²) in [4.78, 5) is 10.7. The number of rotatable bonds is 3. The molecule has 2 nitrogen and oxygen atoms in total. The zero-order chi connectivity index (χ0) is 9.68. The molecule has 0 radical (unpaired) electrons. The van der Waals surface area contributed by atoms with E-state index in [-0.39, 0.29) is 11.3 Å². The van der Waals surface area contributed by atoms with E-state index in [4.69, 9.17) is 0 Å². The van der Waals surface area contributed by atoms with E-state index in [2.05, 4.69) is 17.9 Å². The highest BCUT2D eigenvalue weighted by Crippen LogP contribution is 2.04. The van der Waals surface area contributed by atoms with Gasteiger partial charge in [-0.2, -0.15) is 12.6 Å². The Morgan fingerprint density at radius 2 is 2.08 bits per heavy atom. The average Bonchev–Trinajstić information content (AvgIpc) is 2.04. The van der Waals surface area contributed by atoms with Gasteiger partial charge in [0.1, 0.15) is 0 Å². The Kier molecular flexibility index (Phi) is 3.83. The van der Waals surface area contributed by atoms with Crippen molar-refractivity contribution in [3.8, 4) is 0 Å². The van der Waals surface area contributed by atoms with Crippen molar-refractivity contribution in [3.05, 3.63) is 35.9 Å². The first-order chi connectivity index (χ1) is 6.18. The van der Waals surface area contributed by atoms with Crippen molar-refractivity contribution in [1.82, 2.24) is 5.32 Å². The molecule has 1 rings (SSSR count). The summed E-state index contributed by atoms with van der Waals surface area (Å²) in [7, 11) is 0. The Bertz CT molecular complexity index is 274. The van der Waals surface area contributed by atoms with E-state index in [0.29, 0.717) is 0 Å². The summed E-state index contributed by atoms with van der Waals surface area (Å²) in [5, 5.41) is 2.62. The van der Waals surface area contributed by atoms with Crippen LogP contribution in [0.1, 0.15) is 12.5 Å². The fourth-order valence-electron chi connectivity index (χ4n) is 1.12. The molecular weight excluding hydrogens is 182 g/mol. The van der Waals surface area contributed by atoms with Crippen LogP contribution >= 0.6 is 12.6 Å². The molecular formula is C10H13NOS. The van der Waals surface area contributed by atoms with E-state index in [9.17, 15) is 4.79 Å². The molecule has 0 fully saturated rings. The second-order valence-corrected chi connectivity index (χ2v) is 3.53. The molecule has 0 bridgehead atoms. The molecule has 70 valence electrons. The third-order valence-corrected chi connectivity index (χ3v) is 1.95. The molecule has 1 N–H and O–H groups in total. The van der Waals surface area contributed by atoms with Crippen LogP contribution in [0.2, 0.25) is 0 Å². The minimum atomic E-state index is -0.0973. The maximum Gasteiger partial charge on any atom is 0.217 e. The number of amides is 1. The predicted octanol–water partition coefficient (Wildman–Crippen LogP) is 1.62. The third-order valence-electron chi connectivity index (χ3n) is 1.64. The maximum absolute atomic E-state index is 10.7. The van der Waals surface area contributed by atoms with E-state index in [0.717, 1.165) is 6.42 Å². The minimum Gasteiger partial charge on any atom is -0.345 e. The van der Waals surface area contributed by atoms with Gasteiger partial charge in [0.25, 0.3) is 0 Å². The number of carbonyl (C=O) groups excluding carboxylic acids is 1. The van der Waals surface area contributed by atoms with Crippen molar-refractivity contribution < 1.29 is 4.79 Å². The van der Waals surface area contributed by atoms with E-state index < -0.39 is 0 Å². The molecule has 0 saturated heterocycles. The smallest absolute Gasteiger partial charge is 0.217 e. The van der Waals surface area contributed by atoms with E-state index in [1.165, 1.54) is 12.5 Å². The van der Waals surface area contributed by atoms with Crippen molar-refractivity contribution in [1.29, 1.82) is 0 Å². The van der Waals surface area contributed by atoms with Gasteiger partial charge < -0.3 is 5.32 Å². The molecule has 13 heavy (non-hydrogen) atoms. The SMILES string of the molecule is CC(=O)NC(S)Cc1ccccc1. The Balaban J connectivity index is 2.45. The monoisotopic (exact) mass is 195 g/mol. The molecule has 3 heteroatoms. The van der Waals surface area contributed by atoms with Gasteiger partial charge in [-0.1, -0.05) is 30.3 Å². The molecule has 0 aliphatic carbocycles. The summed E-state index contributed by atoms with van der Waals surface area (Å²) in [5.41, 5.74) is 1.18. The summed E-state index contributed by atoms with van der Waals surface area (Å²) in [6.45, 7) is 1.49. The fourth-order valence-corrected chi connectivity index (χ4v) is 1.52. The molecule has 1 aromatic rings. The molecule has 1 unspecified atom stereocenters. The van der Waals surface area contributed by atoms with E-state index in [1.54, 1.807) is 0 Å². The van der Waals surface area contributed by atoms with Crippen molar-refractivity contribution in [2.45, 2.75) is 18.7 Å². The quantitative estimate of drug-likeness (QED) is 0.557. The Morgan fingerprint density at radius 1 is 1.46 bits per heavy atom. The molecule has 0 aliphatic rings. The zero-order valence-electron chi connectivity index (χ0n) is 7.53. The molecule has 1 aromatic carbocycles. The van der Waals surface area contributed by atoms with E-state index >= 15 is 0 Å². The topological polar surface area (TPSA) is 29.1 Å². The summed E-state index contributed by atoms with van der Waals surface area (Å²) in [6, 6.07) is 9.96. The van der Waals surface area contributed by atoms with Crippen LogP contribution in [-0.4, -0.2) is 11.3 Å². The molecule has 1 atom stereocenters. The summed E-state index contributed by atoms with van der Waals surface area (Å²) >= 11 is 4.25.